The summed E-state index contributed by atoms with van der Waals surface area (Å²) in [7, 11) is 0. The molecule has 0 saturated carbocycles. The molecule has 5 heteroatoms. The minimum Gasteiger partial charge on any atom is -0.396 e. The number of halogens is 3. The molecular formula is C11H16Cl2FNO. The zero-order valence-corrected chi connectivity index (χ0v) is 10.6. The summed E-state index contributed by atoms with van der Waals surface area (Å²) in [5, 5.41) is 9.06. The van der Waals surface area contributed by atoms with Crippen LogP contribution in [0.3, 0.4) is 0 Å². The molecule has 0 saturated heterocycles. The Morgan fingerprint density at radius 2 is 2.12 bits per heavy atom. The average Bonchev–Trinajstić information content (AvgIpc) is 2.21. The number of aryl methyl sites for hydroxylation is 1. The molecule has 0 unspecified atom stereocenters. The standard InChI is InChI=1S/C11H15ClFNO.ClH/c1-7-4-5-8(13)10(11(7)12)9(14)3-2-6-15;/h4-5,9,15H,2-3,6,14H2,1H3;1H/t9-;/m1./s1. The first-order valence-electron chi connectivity index (χ1n) is 4.89. The Morgan fingerprint density at radius 3 is 2.69 bits per heavy atom. The van der Waals surface area contributed by atoms with Crippen LogP contribution in [0, 0.1) is 12.7 Å². The Hall–Kier alpha value is -0.350. The van der Waals surface area contributed by atoms with Gasteiger partial charge in [-0.25, -0.2) is 4.39 Å². The summed E-state index contributed by atoms with van der Waals surface area (Å²) in [5.41, 5.74) is 6.98. The first kappa shape index (κ1) is 15.7. The van der Waals surface area contributed by atoms with Crippen LogP contribution in [0.25, 0.3) is 0 Å². The maximum absolute atomic E-state index is 13.5. The second-order valence-corrected chi connectivity index (χ2v) is 3.94. The molecule has 92 valence electrons. The number of hydrogen-bond donors (Lipinski definition) is 2. The SMILES string of the molecule is Cc1ccc(F)c([C@H](N)CCCO)c1Cl.Cl. The predicted octanol–water partition coefficient (Wildman–Crippen LogP) is 2.98. The number of nitrogens with two attached hydrogens (primary N) is 1. The largest absolute Gasteiger partial charge is 0.396 e. The van der Waals surface area contributed by atoms with Crippen LogP contribution in [-0.4, -0.2) is 11.7 Å². The van der Waals surface area contributed by atoms with Gasteiger partial charge < -0.3 is 10.8 Å². The summed E-state index contributed by atoms with van der Waals surface area (Å²) in [6.45, 7) is 1.86. The molecule has 0 aliphatic carbocycles. The molecule has 1 atom stereocenters. The molecule has 3 N–H and O–H groups in total. The van der Waals surface area contributed by atoms with E-state index in [2.05, 4.69) is 0 Å². The van der Waals surface area contributed by atoms with E-state index in [9.17, 15) is 4.39 Å². The Balaban J connectivity index is 0.00000225. The van der Waals surface area contributed by atoms with Gasteiger partial charge in [0.05, 0.1) is 5.02 Å². The summed E-state index contributed by atoms with van der Waals surface area (Å²) in [6, 6.07) is 2.54. The van der Waals surface area contributed by atoms with Crippen molar-refractivity contribution in [1.29, 1.82) is 0 Å². The van der Waals surface area contributed by atoms with E-state index in [-0.39, 0.29) is 24.8 Å². The lowest BCUT2D eigenvalue weighted by atomic mass is 10.0. The van der Waals surface area contributed by atoms with Gasteiger partial charge in [0.1, 0.15) is 5.82 Å². The van der Waals surface area contributed by atoms with Crippen molar-refractivity contribution in [3.05, 3.63) is 34.1 Å². The Labute approximate surface area is 106 Å². The number of aliphatic hydroxyl groups excluding tert-OH is 1. The minimum atomic E-state index is -0.454. The van der Waals surface area contributed by atoms with Gasteiger partial charge in [-0.3, -0.25) is 0 Å². The van der Waals surface area contributed by atoms with Crippen molar-refractivity contribution in [2.75, 3.05) is 6.61 Å². The topological polar surface area (TPSA) is 46.2 Å². The van der Waals surface area contributed by atoms with E-state index < -0.39 is 6.04 Å². The Kier molecular flexibility index (Phi) is 6.91. The highest BCUT2D eigenvalue weighted by atomic mass is 35.5. The summed E-state index contributed by atoms with van der Waals surface area (Å²) < 4.78 is 13.5. The molecule has 0 spiro atoms. The fraction of sp³-hybridized carbons (Fsp3) is 0.455. The van der Waals surface area contributed by atoms with Crippen molar-refractivity contribution in [1.82, 2.24) is 0 Å². The number of benzene rings is 1. The van der Waals surface area contributed by atoms with Crippen LogP contribution in [0.1, 0.15) is 30.0 Å². The second-order valence-electron chi connectivity index (χ2n) is 3.56. The fourth-order valence-corrected chi connectivity index (χ4v) is 1.77. The van der Waals surface area contributed by atoms with Crippen molar-refractivity contribution in [2.45, 2.75) is 25.8 Å². The molecule has 1 aromatic carbocycles. The van der Waals surface area contributed by atoms with Gasteiger partial charge in [0, 0.05) is 18.2 Å². The fourth-order valence-electron chi connectivity index (χ4n) is 1.47. The number of rotatable bonds is 4. The van der Waals surface area contributed by atoms with Crippen LogP contribution in [0.4, 0.5) is 4.39 Å². The van der Waals surface area contributed by atoms with E-state index in [4.69, 9.17) is 22.4 Å². The van der Waals surface area contributed by atoms with Crippen LogP contribution >= 0.6 is 24.0 Å². The summed E-state index contributed by atoms with van der Waals surface area (Å²) >= 11 is 5.99. The molecular weight excluding hydrogens is 252 g/mol. The molecule has 0 aromatic heterocycles. The molecule has 0 radical (unpaired) electrons. The highest BCUT2D eigenvalue weighted by Crippen LogP contribution is 2.29. The van der Waals surface area contributed by atoms with Gasteiger partial charge in [-0.2, -0.15) is 0 Å². The normalized spacial score (nSPS) is 12.1. The minimum absolute atomic E-state index is 0. The molecule has 16 heavy (non-hydrogen) atoms. The van der Waals surface area contributed by atoms with Crippen LogP contribution in [0.5, 0.6) is 0 Å². The summed E-state index contributed by atoms with van der Waals surface area (Å²) in [5.74, 6) is -0.379. The van der Waals surface area contributed by atoms with Gasteiger partial charge in [-0.05, 0) is 31.4 Å². The zero-order chi connectivity index (χ0) is 11.4. The van der Waals surface area contributed by atoms with Crippen molar-refractivity contribution in [2.24, 2.45) is 5.73 Å². The van der Waals surface area contributed by atoms with E-state index in [0.29, 0.717) is 23.4 Å². The van der Waals surface area contributed by atoms with Crippen molar-refractivity contribution < 1.29 is 9.50 Å². The number of aliphatic hydroxyl groups is 1. The number of hydrogen-bond acceptors (Lipinski definition) is 2. The predicted molar refractivity (Wildman–Crippen MR) is 66.6 cm³/mol. The first-order valence-corrected chi connectivity index (χ1v) is 5.26. The lowest BCUT2D eigenvalue weighted by Gasteiger charge is -2.15. The van der Waals surface area contributed by atoms with Gasteiger partial charge in [0.2, 0.25) is 0 Å². The Bertz CT molecular complexity index is 347. The van der Waals surface area contributed by atoms with E-state index >= 15 is 0 Å². The van der Waals surface area contributed by atoms with Crippen molar-refractivity contribution in [3.63, 3.8) is 0 Å². The monoisotopic (exact) mass is 267 g/mol. The molecule has 0 bridgehead atoms. The molecule has 0 amide bonds. The summed E-state index contributed by atoms with van der Waals surface area (Å²) in [4.78, 5) is 0. The second kappa shape index (κ2) is 7.07. The first-order chi connectivity index (χ1) is 7.07. The van der Waals surface area contributed by atoms with Crippen LogP contribution < -0.4 is 5.73 Å². The van der Waals surface area contributed by atoms with Gasteiger partial charge >= 0.3 is 0 Å². The zero-order valence-electron chi connectivity index (χ0n) is 9.04. The lowest BCUT2D eigenvalue weighted by Crippen LogP contribution is -2.13. The Morgan fingerprint density at radius 1 is 1.50 bits per heavy atom. The third-order valence-corrected chi connectivity index (χ3v) is 2.87. The van der Waals surface area contributed by atoms with Gasteiger partial charge in [0.15, 0.2) is 0 Å². The maximum Gasteiger partial charge on any atom is 0.129 e. The summed E-state index contributed by atoms with van der Waals surface area (Å²) in [6.07, 6.45) is 1.07. The van der Waals surface area contributed by atoms with E-state index in [1.807, 2.05) is 6.92 Å². The van der Waals surface area contributed by atoms with Crippen LogP contribution in [0.15, 0.2) is 12.1 Å². The quantitative estimate of drug-likeness (QED) is 0.881. The van der Waals surface area contributed by atoms with E-state index in [1.165, 1.54) is 6.07 Å². The smallest absolute Gasteiger partial charge is 0.129 e. The van der Waals surface area contributed by atoms with E-state index in [0.717, 1.165) is 5.56 Å². The highest BCUT2D eigenvalue weighted by molar-refractivity contribution is 6.32. The molecule has 0 heterocycles. The van der Waals surface area contributed by atoms with Crippen LogP contribution in [-0.2, 0) is 0 Å². The lowest BCUT2D eigenvalue weighted by molar-refractivity contribution is 0.279. The van der Waals surface area contributed by atoms with E-state index in [1.54, 1.807) is 6.07 Å². The van der Waals surface area contributed by atoms with Gasteiger partial charge in [-0.15, -0.1) is 12.4 Å². The molecule has 1 aromatic rings. The third kappa shape index (κ3) is 3.59. The third-order valence-electron chi connectivity index (χ3n) is 2.36. The maximum atomic E-state index is 13.5. The molecule has 2 nitrogen and oxygen atoms in total. The average molecular weight is 268 g/mol. The van der Waals surface area contributed by atoms with Gasteiger partial charge in [0.25, 0.3) is 0 Å². The molecule has 1 rings (SSSR count). The van der Waals surface area contributed by atoms with Crippen molar-refractivity contribution in [3.8, 4) is 0 Å². The molecule has 0 fully saturated rings. The molecule has 0 aliphatic rings. The van der Waals surface area contributed by atoms with Crippen LogP contribution in [0.2, 0.25) is 5.02 Å². The highest BCUT2D eigenvalue weighted by Gasteiger charge is 2.16. The van der Waals surface area contributed by atoms with Crippen molar-refractivity contribution >= 4 is 24.0 Å². The van der Waals surface area contributed by atoms with Gasteiger partial charge in [-0.1, -0.05) is 17.7 Å². The molecule has 0 aliphatic heterocycles.